The van der Waals surface area contributed by atoms with E-state index in [9.17, 15) is 14.4 Å². The molecular formula is C23H26N4O5. The highest BCUT2D eigenvalue weighted by molar-refractivity contribution is 5.97. The number of likely N-dealkylation sites (N-methyl/N-ethyl adjacent to an activating group) is 1. The first-order valence-electron chi connectivity index (χ1n) is 10.2. The van der Waals surface area contributed by atoms with Crippen LogP contribution in [0.15, 0.2) is 47.3 Å². The molecule has 2 aromatic carbocycles. The summed E-state index contributed by atoms with van der Waals surface area (Å²) in [4.78, 5) is 46.6. The van der Waals surface area contributed by atoms with Crippen molar-refractivity contribution in [1.29, 1.82) is 0 Å². The van der Waals surface area contributed by atoms with Crippen LogP contribution in [-0.4, -0.2) is 53.5 Å². The molecule has 0 aliphatic heterocycles. The molecule has 2 N–H and O–H groups in total. The predicted molar refractivity (Wildman–Crippen MR) is 120 cm³/mol. The second kappa shape index (κ2) is 9.95. The third-order valence-corrected chi connectivity index (χ3v) is 5.05. The van der Waals surface area contributed by atoms with E-state index < -0.39 is 6.04 Å². The van der Waals surface area contributed by atoms with E-state index in [1.54, 1.807) is 43.3 Å². The summed E-state index contributed by atoms with van der Waals surface area (Å²) in [5.41, 5.74) is 0.551. The number of aromatic amines is 1. The molecule has 9 heteroatoms. The fourth-order valence-electron chi connectivity index (χ4n) is 3.32. The maximum absolute atomic E-state index is 12.9. The molecule has 1 aromatic heterocycles. The number of rotatable bonds is 8. The van der Waals surface area contributed by atoms with Crippen LogP contribution in [0.4, 0.5) is 0 Å². The van der Waals surface area contributed by atoms with Crippen LogP contribution in [-0.2, 0) is 11.3 Å². The second-order valence-electron chi connectivity index (χ2n) is 7.15. The van der Waals surface area contributed by atoms with Gasteiger partial charge in [-0.2, -0.15) is 0 Å². The summed E-state index contributed by atoms with van der Waals surface area (Å²) in [6, 6.07) is 11.1. The summed E-state index contributed by atoms with van der Waals surface area (Å²) in [5, 5.41) is 3.06. The summed E-state index contributed by atoms with van der Waals surface area (Å²) in [7, 11) is 2.99. The van der Waals surface area contributed by atoms with Crippen molar-refractivity contribution >= 4 is 22.7 Å². The number of nitrogens with one attached hydrogen (secondary N) is 2. The van der Waals surface area contributed by atoms with Crippen LogP contribution >= 0.6 is 0 Å². The average Bonchev–Trinajstić information content (AvgIpc) is 2.81. The van der Waals surface area contributed by atoms with Crippen molar-refractivity contribution in [2.24, 2.45) is 0 Å². The van der Waals surface area contributed by atoms with Crippen molar-refractivity contribution in [3.8, 4) is 11.5 Å². The third kappa shape index (κ3) is 4.88. The number of carbonyl (C=O) groups is 2. The van der Waals surface area contributed by atoms with Crippen molar-refractivity contribution in [2.45, 2.75) is 26.4 Å². The molecule has 0 fully saturated rings. The summed E-state index contributed by atoms with van der Waals surface area (Å²) in [6.45, 7) is 3.90. The fraction of sp³-hybridized carbons (Fsp3) is 0.304. The number of hydrogen-bond acceptors (Lipinski definition) is 6. The number of methoxy groups -OCH3 is 2. The minimum Gasteiger partial charge on any atom is -0.493 e. The van der Waals surface area contributed by atoms with E-state index in [1.807, 2.05) is 13.0 Å². The van der Waals surface area contributed by atoms with E-state index in [1.165, 1.54) is 19.1 Å². The van der Waals surface area contributed by atoms with Gasteiger partial charge in [-0.1, -0.05) is 18.2 Å². The molecule has 3 rings (SSSR count). The van der Waals surface area contributed by atoms with E-state index in [-0.39, 0.29) is 23.9 Å². The Bertz CT molecular complexity index is 1180. The Morgan fingerprint density at radius 1 is 1.12 bits per heavy atom. The number of benzene rings is 2. The van der Waals surface area contributed by atoms with Crippen molar-refractivity contribution in [3.63, 3.8) is 0 Å². The smallest absolute Gasteiger partial charge is 0.258 e. The summed E-state index contributed by atoms with van der Waals surface area (Å²) in [5.74, 6) is 0.581. The molecule has 1 atom stereocenters. The normalized spacial score (nSPS) is 11.6. The van der Waals surface area contributed by atoms with Gasteiger partial charge in [-0.25, -0.2) is 4.98 Å². The molecule has 0 spiro atoms. The Morgan fingerprint density at radius 2 is 1.78 bits per heavy atom. The van der Waals surface area contributed by atoms with Gasteiger partial charge in [-0.15, -0.1) is 0 Å². The molecular weight excluding hydrogens is 412 g/mol. The molecule has 2 amide bonds. The lowest BCUT2D eigenvalue weighted by Crippen LogP contribution is -2.46. The molecule has 32 heavy (non-hydrogen) atoms. The van der Waals surface area contributed by atoms with Crippen LogP contribution in [0.25, 0.3) is 10.9 Å². The average molecular weight is 438 g/mol. The monoisotopic (exact) mass is 438 g/mol. The van der Waals surface area contributed by atoms with Gasteiger partial charge < -0.3 is 24.7 Å². The Morgan fingerprint density at radius 3 is 2.41 bits per heavy atom. The van der Waals surface area contributed by atoms with Crippen LogP contribution in [0, 0.1) is 0 Å². The van der Waals surface area contributed by atoms with Gasteiger partial charge in [0.05, 0.1) is 31.7 Å². The molecule has 1 unspecified atom stereocenters. The lowest BCUT2D eigenvalue weighted by molar-refractivity contribution is -0.133. The number of aromatic nitrogens is 2. The first-order chi connectivity index (χ1) is 15.4. The number of amides is 2. The summed E-state index contributed by atoms with van der Waals surface area (Å²) in [6.07, 6.45) is 0. The predicted octanol–water partition coefficient (Wildman–Crippen LogP) is 2.11. The number of fused-ring (bicyclic) bond motifs is 1. The minimum atomic E-state index is -0.751. The SMILES string of the molecule is CCN(Cc1nc2cc(OC)c(OC)cc2c(=O)[nH]1)C(=O)C(C)NC(=O)c1ccccc1. The van der Waals surface area contributed by atoms with E-state index in [4.69, 9.17) is 9.47 Å². The van der Waals surface area contributed by atoms with Gasteiger partial charge in [0.15, 0.2) is 11.5 Å². The van der Waals surface area contributed by atoms with Crippen LogP contribution in [0.2, 0.25) is 0 Å². The van der Waals surface area contributed by atoms with Crippen LogP contribution in [0.5, 0.6) is 11.5 Å². The topological polar surface area (TPSA) is 114 Å². The molecule has 0 aliphatic rings. The Hall–Kier alpha value is -3.88. The van der Waals surface area contributed by atoms with Gasteiger partial charge in [-0.3, -0.25) is 14.4 Å². The van der Waals surface area contributed by atoms with E-state index in [0.717, 1.165) is 0 Å². The summed E-state index contributed by atoms with van der Waals surface area (Å²) >= 11 is 0. The van der Waals surface area contributed by atoms with E-state index in [2.05, 4.69) is 15.3 Å². The Labute approximate surface area is 185 Å². The standard InChI is InChI=1S/C23H26N4O5/c1-5-27(23(30)14(2)24-21(28)15-9-7-6-8-10-15)13-20-25-17-12-19(32-4)18(31-3)11-16(17)22(29)26-20/h6-12,14H,5,13H2,1-4H3,(H,24,28)(H,25,26,29). The lowest BCUT2D eigenvalue weighted by Gasteiger charge is -2.24. The highest BCUT2D eigenvalue weighted by Crippen LogP contribution is 2.29. The molecule has 1 heterocycles. The quantitative estimate of drug-likeness (QED) is 0.557. The van der Waals surface area contributed by atoms with Crippen LogP contribution < -0.4 is 20.3 Å². The Kier molecular flexibility index (Phi) is 7.09. The second-order valence-corrected chi connectivity index (χ2v) is 7.15. The van der Waals surface area contributed by atoms with E-state index >= 15 is 0 Å². The Balaban J connectivity index is 1.80. The molecule has 0 radical (unpaired) electrons. The maximum atomic E-state index is 12.9. The van der Waals surface area contributed by atoms with E-state index in [0.29, 0.717) is 40.3 Å². The van der Waals surface area contributed by atoms with Gasteiger partial charge in [0.1, 0.15) is 11.9 Å². The number of ether oxygens (including phenoxy) is 2. The summed E-state index contributed by atoms with van der Waals surface area (Å²) < 4.78 is 10.5. The van der Waals surface area contributed by atoms with Gasteiger partial charge >= 0.3 is 0 Å². The zero-order chi connectivity index (χ0) is 23.3. The fourth-order valence-corrected chi connectivity index (χ4v) is 3.32. The zero-order valence-electron chi connectivity index (χ0n) is 18.5. The molecule has 3 aromatic rings. The number of nitrogens with zero attached hydrogens (tertiary/aromatic N) is 2. The highest BCUT2D eigenvalue weighted by atomic mass is 16.5. The zero-order valence-corrected chi connectivity index (χ0v) is 18.5. The van der Waals surface area contributed by atoms with Crippen LogP contribution in [0.1, 0.15) is 30.0 Å². The van der Waals surface area contributed by atoms with Crippen molar-refractivity contribution in [1.82, 2.24) is 20.2 Å². The van der Waals surface area contributed by atoms with Gasteiger partial charge in [0.2, 0.25) is 5.91 Å². The maximum Gasteiger partial charge on any atom is 0.258 e. The largest absolute Gasteiger partial charge is 0.493 e. The third-order valence-electron chi connectivity index (χ3n) is 5.05. The molecule has 0 saturated carbocycles. The van der Waals surface area contributed by atoms with Crippen molar-refractivity contribution in [2.75, 3.05) is 20.8 Å². The van der Waals surface area contributed by atoms with Gasteiger partial charge in [-0.05, 0) is 32.0 Å². The molecule has 0 bridgehead atoms. The molecule has 0 aliphatic carbocycles. The number of hydrogen-bond donors (Lipinski definition) is 2. The molecule has 168 valence electrons. The van der Waals surface area contributed by atoms with Gasteiger partial charge in [0.25, 0.3) is 11.5 Å². The van der Waals surface area contributed by atoms with Gasteiger partial charge in [0, 0.05) is 18.2 Å². The first-order valence-corrected chi connectivity index (χ1v) is 10.2. The first kappa shape index (κ1) is 22.8. The minimum absolute atomic E-state index is 0.0837. The lowest BCUT2D eigenvalue weighted by atomic mass is 10.2. The highest BCUT2D eigenvalue weighted by Gasteiger charge is 2.23. The number of H-pyrrole nitrogens is 1. The molecule has 9 nitrogen and oxygen atoms in total. The van der Waals surface area contributed by atoms with Crippen LogP contribution in [0.3, 0.4) is 0 Å². The van der Waals surface area contributed by atoms with Crippen molar-refractivity contribution < 1.29 is 19.1 Å². The van der Waals surface area contributed by atoms with Crippen molar-refractivity contribution in [3.05, 3.63) is 64.2 Å². The number of carbonyl (C=O) groups excluding carboxylic acids is 2. The molecule has 0 saturated heterocycles.